The van der Waals surface area contributed by atoms with Gasteiger partial charge in [-0.05, 0) is 12.1 Å². The van der Waals surface area contributed by atoms with E-state index in [1.165, 1.54) is 12.1 Å². The van der Waals surface area contributed by atoms with Crippen molar-refractivity contribution in [3.8, 4) is 0 Å². The smallest absolute Gasteiger partial charge is 0.258 e. The maximum absolute atomic E-state index is 12.5. The van der Waals surface area contributed by atoms with Gasteiger partial charge in [0.05, 0.1) is 11.0 Å². The lowest BCUT2D eigenvalue weighted by molar-refractivity contribution is -0.385. The summed E-state index contributed by atoms with van der Waals surface area (Å²) in [6.07, 6.45) is 0. The van der Waals surface area contributed by atoms with Crippen molar-refractivity contribution in [1.29, 1.82) is 0 Å². The molecule has 12 heavy (non-hydrogen) atoms. The fourth-order valence-corrected chi connectivity index (χ4v) is 1.29. The Balaban J connectivity index is 3.21. The van der Waals surface area contributed by atoms with E-state index in [0.29, 0.717) is 10.9 Å². The van der Waals surface area contributed by atoms with E-state index < -0.39 is 10.7 Å². The summed E-state index contributed by atoms with van der Waals surface area (Å²) in [5.74, 6) is -0.591. The van der Waals surface area contributed by atoms with Crippen molar-refractivity contribution >= 4 is 21.6 Å². The van der Waals surface area contributed by atoms with E-state index >= 15 is 0 Å². The normalized spacial score (nSPS) is 9.83. The number of hydrogen-bond donors (Lipinski definition) is 0. The van der Waals surface area contributed by atoms with Crippen LogP contribution in [0.1, 0.15) is 5.56 Å². The lowest BCUT2D eigenvalue weighted by atomic mass is 10.2. The van der Waals surface area contributed by atoms with Gasteiger partial charge in [0.15, 0.2) is 0 Å². The molecule has 1 rings (SSSR count). The summed E-state index contributed by atoms with van der Waals surface area (Å²) in [7, 11) is 0. The van der Waals surface area contributed by atoms with Gasteiger partial charge in [-0.3, -0.25) is 10.1 Å². The van der Waals surface area contributed by atoms with E-state index in [1.54, 1.807) is 0 Å². The van der Waals surface area contributed by atoms with E-state index in [2.05, 4.69) is 15.9 Å². The van der Waals surface area contributed by atoms with Crippen LogP contribution >= 0.6 is 15.9 Å². The number of nitro benzene ring substituents is 1. The molecule has 0 aliphatic carbocycles. The van der Waals surface area contributed by atoms with Gasteiger partial charge in [-0.1, -0.05) is 15.9 Å². The zero-order valence-electron chi connectivity index (χ0n) is 5.96. The molecular weight excluding hydrogens is 229 g/mol. The minimum absolute atomic E-state index is 0.188. The molecule has 0 amide bonds. The van der Waals surface area contributed by atoms with Gasteiger partial charge in [0.2, 0.25) is 0 Å². The topological polar surface area (TPSA) is 43.1 Å². The molecule has 0 heterocycles. The van der Waals surface area contributed by atoms with Crippen LogP contribution in [0.15, 0.2) is 18.2 Å². The second kappa shape index (κ2) is 3.62. The third-order valence-electron chi connectivity index (χ3n) is 1.39. The molecule has 0 spiro atoms. The molecule has 0 saturated carbocycles. The zero-order valence-corrected chi connectivity index (χ0v) is 7.54. The average molecular weight is 234 g/mol. The van der Waals surface area contributed by atoms with E-state index in [1.807, 2.05) is 0 Å². The average Bonchev–Trinajstić information content (AvgIpc) is 2.04. The molecule has 0 aliphatic heterocycles. The predicted molar refractivity (Wildman–Crippen MR) is 45.7 cm³/mol. The molecule has 0 fully saturated rings. The van der Waals surface area contributed by atoms with Crippen molar-refractivity contribution in [2.75, 3.05) is 0 Å². The molecule has 64 valence electrons. The van der Waals surface area contributed by atoms with Crippen LogP contribution in [0.3, 0.4) is 0 Å². The van der Waals surface area contributed by atoms with Crippen LogP contribution in [0.5, 0.6) is 0 Å². The number of halogens is 2. The van der Waals surface area contributed by atoms with Crippen LogP contribution in [0.4, 0.5) is 10.1 Å². The number of alkyl halides is 1. The fourth-order valence-electron chi connectivity index (χ4n) is 0.820. The van der Waals surface area contributed by atoms with Crippen LogP contribution in [-0.2, 0) is 5.33 Å². The second-order valence-corrected chi connectivity index (χ2v) is 2.72. The first-order chi connectivity index (χ1) is 5.65. The van der Waals surface area contributed by atoms with Gasteiger partial charge in [-0.2, -0.15) is 0 Å². The fraction of sp³-hybridized carbons (Fsp3) is 0.143. The summed E-state index contributed by atoms with van der Waals surface area (Å²) in [6.45, 7) is 0. The lowest BCUT2D eigenvalue weighted by Gasteiger charge is -1.97. The maximum atomic E-state index is 12.5. The van der Waals surface area contributed by atoms with Gasteiger partial charge in [0, 0.05) is 10.9 Å². The number of benzene rings is 1. The highest BCUT2D eigenvalue weighted by Gasteiger charge is 2.12. The lowest BCUT2D eigenvalue weighted by Crippen LogP contribution is -1.93. The van der Waals surface area contributed by atoms with Gasteiger partial charge >= 0.3 is 0 Å². The highest BCUT2D eigenvalue weighted by molar-refractivity contribution is 9.08. The monoisotopic (exact) mass is 233 g/mol. The standard InChI is InChI=1S/C7H5BrFNO2/c8-4-5-1-2-6(9)3-7(5)10(11)12/h1-3H,4H2. The van der Waals surface area contributed by atoms with Gasteiger partial charge < -0.3 is 0 Å². The first-order valence-electron chi connectivity index (χ1n) is 3.14. The largest absolute Gasteiger partial charge is 0.276 e. The molecule has 1 aromatic rings. The Bertz CT molecular complexity index is 316. The minimum atomic E-state index is -0.598. The van der Waals surface area contributed by atoms with E-state index in [9.17, 15) is 14.5 Å². The summed E-state index contributed by atoms with van der Waals surface area (Å²) in [6, 6.07) is 3.50. The molecule has 0 atom stereocenters. The molecule has 0 aromatic heterocycles. The summed E-state index contributed by atoms with van der Waals surface area (Å²) >= 11 is 3.07. The molecular formula is C7H5BrFNO2. The van der Waals surface area contributed by atoms with Crippen molar-refractivity contribution in [2.45, 2.75) is 5.33 Å². The summed E-state index contributed by atoms with van der Waals surface area (Å²) in [5, 5.41) is 10.7. The number of rotatable bonds is 2. The summed E-state index contributed by atoms with van der Waals surface area (Å²) in [4.78, 5) is 9.75. The zero-order chi connectivity index (χ0) is 9.14. The minimum Gasteiger partial charge on any atom is -0.258 e. The highest BCUT2D eigenvalue weighted by atomic mass is 79.9. The third-order valence-corrected chi connectivity index (χ3v) is 1.99. The maximum Gasteiger partial charge on any atom is 0.276 e. The summed E-state index contributed by atoms with van der Waals surface area (Å²) in [5.41, 5.74) is 0.285. The molecule has 1 aromatic carbocycles. The van der Waals surface area contributed by atoms with Crippen LogP contribution in [0.2, 0.25) is 0 Å². The van der Waals surface area contributed by atoms with Crippen molar-refractivity contribution in [3.05, 3.63) is 39.7 Å². The van der Waals surface area contributed by atoms with Crippen LogP contribution < -0.4 is 0 Å². The summed E-state index contributed by atoms with van der Waals surface area (Å²) < 4.78 is 12.5. The van der Waals surface area contributed by atoms with Gasteiger partial charge in [-0.25, -0.2) is 4.39 Å². The Morgan fingerprint density at radius 3 is 2.75 bits per heavy atom. The third kappa shape index (κ3) is 1.79. The van der Waals surface area contributed by atoms with Crippen LogP contribution in [0.25, 0.3) is 0 Å². The first-order valence-corrected chi connectivity index (χ1v) is 4.26. The molecule has 0 radical (unpaired) electrons. The molecule has 0 saturated heterocycles. The Labute approximate surface area is 76.5 Å². The van der Waals surface area contributed by atoms with Gasteiger partial charge in [0.1, 0.15) is 5.82 Å². The van der Waals surface area contributed by atoms with E-state index in [0.717, 1.165) is 6.07 Å². The quantitative estimate of drug-likeness (QED) is 0.448. The molecule has 0 aliphatic rings. The predicted octanol–water partition coefficient (Wildman–Crippen LogP) is 2.63. The number of hydrogen-bond acceptors (Lipinski definition) is 2. The van der Waals surface area contributed by atoms with Gasteiger partial charge in [0.25, 0.3) is 5.69 Å². The Kier molecular flexibility index (Phi) is 2.75. The van der Waals surface area contributed by atoms with Crippen molar-refractivity contribution in [1.82, 2.24) is 0 Å². The Hall–Kier alpha value is -0.970. The molecule has 0 bridgehead atoms. The second-order valence-electron chi connectivity index (χ2n) is 2.16. The van der Waals surface area contributed by atoms with E-state index in [4.69, 9.17) is 0 Å². The van der Waals surface area contributed by atoms with E-state index in [-0.39, 0.29) is 5.69 Å². The van der Waals surface area contributed by atoms with Gasteiger partial charge in [-0.15, -0.1) is 0 Å². The molecule has 3 nitrogen and oxygen atoms in total. The van der Waals surface area contributed by atoms with Crippen LogP contribution in [0, 0.1) is 15.9 Å². The Morgan fingerprint density at radius 1 is 1.58 bits per heavy atom. The van der Waals surface area contributed by atoms with Crippen molar-refractivity contribution in [3.63, 3.8) is 0 Å². The molecule has 0 N–H and O–H groups in total. The Morgan fingerprint density at radius 2 is 2.25 bits per heavy atom. The molecule has 5 heteroatoms. The first kappa shape index (κ1) is 9.12. The SMILES string of the molecule is O=[N+]([O-])c1cc(F)ccc1CBr. The van der Waals surface area contributed by atoms with Crippen LogP contribution in [-0.4, -0.2) is 4.92 Å². The number of nitrogens with zero attached hydrogens (tertiary/aromatic N) is 1. The molecule has 0 unspecified atom stereocenters. The van der Waals surface area contributed by atoms with Crippen molar-refractivity contribution in [2.24, 2.45) is 0 Å². The number of nitro groups is 1. The highest BCUT2D eigenvalue weighted by Crippen LogP contribution is 2.21. The van der Waals surface area contributed by atoms with Crippen molar-refractivity contribution < 1.29 is 9.31 Å².